The molecule has 0 atom stereocenters. The summed E-state index contributed by atoms with van der Waals surface area (Å²) in [4.78, 5) is 14.5. The zero-order valence-corrected chi connectivity index (χ0v) is 15.5. The molecule has 0 unspecified atom stereocenters. The van der Waals surface area contributed by atoms with Crippen molar-refractivity contribution in [2.75, 3.05) is 31.6 Å². The van der Waals surface area contributed by atoms with Crippen LogP contribution in [0, 0.1) is 0 Å². The van der Waals surface area contributed by atoms with E-state index < -0.39 is 0 Å². The van der Waals surface area contributed by atoms with Gasteiger partial charge in [-0.2, -0.15) is 0 Å². The summed E-state index contributed by atoms with van der Waals surface area (Å²) in [7, 11) is 1.64. The van der Waals surface area contributed by atoms with Gasteiger partial charge in [0.1, 0.15) is 5.75 Å². The van der Waals surface area contributed by atoms with Gasteiger partial charge >= 0.3 is 0 Å². The van der Waals surface area contributed by atoms with Crippen LogP contribution in [0.3, 0.4) is 0 Å². The maximum absolute atomic E-state index is 12.1. The maximum atomic E-state index is 12.1. The van der Waals surface area contributed by atoms with E-state index in [1.807, 2.05) is 24.3 Å². The highest BCUT2D eigenvalue weighted by atomic mass is 16.5. The van der Waals surface area contributed by atoms with Gasteiger partial charge in [-0.25, -0.2) is 0 Å². The van der Waals surface area contributed by atoms with Gasteiger partial charge in [0.15, 0.2) is 0 Å². The van der Waals surface area contributed by atoms with Crippen LogP contribution in [0.1, 0.15) is 30.4 Å². The van der Waals surface area contributed by atoms with Crippen LogP contribution in [-0.2, 0) is 17.6 Å². The largest absolute Gasteiger partial charge is 0.497 e. The Hall–Kier alpha value is -2.49. The fourth-order valence-electron chi connectivity index (χ4n) is 3.36. The number of hydrogen-bond acceptors (Lipinski definition) is 3. The molecule has 26 heavy (non-hydrogen) atoms. The van der Waals surface area contributed by atoms with Crippen molar-refractivity contribution in [3.05, 3.63) is 59.7 Å². The first kappa shape index (κ1) is 18.3. The van der Waals surface area contributed by atoms with Gasteiger partial charge in [-0.1, -0.05) is 24.3 Å². The number of amides is 1. The highest BCUT2D eigenvalue weighted by molar-refractivity contribution is 5.78. The van der Waals surface area contributed by atoms with Crippen molar-refractivity contribution in [2.24, 2.45) is 0 Å². The molecule has 0 radical (unpaired) electrons. The molecule has 1 amide bonds. The number of methoxy groups -OCH3 is 1. The topological polar surface area (TPSA) is 41.6 Å². The number of piperidine rings is 1. The maximum Gasteiger partial charge on any atom is 0.224 e. The molecule has 0 aliphatic carbocycles. The molecule has 4 nitrogen and oxygen atoms in total. The van der Waals surface area contributed by atoms with Gasteiger partial charge in [0.25, 0.3) is 0 Å². The third kappa shape index (κ3) is 5.25. The minimum absolute atomic E-state index is 0.0557. The predicted molar refractivity (Wildman–Crippen MR) is 106 cm³/mol. The molecule has 2 aromatic rings. The van der Waals surface area contributed by atoms with E-state index in [4.69, 9.17) is 4.74 Å². The van der Waals surface area contributed by atoms with Crippen molar-refractivity contribution in [3.8, 4) is 5.75 Å². The third-order valence-electron chi connectivity index (χ3n) is 4.92. The molecule has 2 aromatic carbocycles. The van der Waals surface area contributed by atoms with Gasteiger partial charge in [0.05, 0.1) is 13.5 Å². The lowest BCUT2D eigenvalue weighted by Crippen LogP contribution is -2.29. The Morgan fingerprint density at radius 3 is 2.27 bits per heavy atom. The molecule has 1 aliphatic rings. The van der Waals surface area contributed by atoms with Crippen molar-refractivity contribution < 1.29 is 9.53 Å². The van der Waals surface area contributed by atoms with Crippen molar-refractivity contribution in [1.29, 1.82) is 0 Å². The molecule has 0 bridgehead atoms. The van der Waals surface area contributed by atoms with Crippen molar-refractivity contribution in [2.45, 2.75) is 32.1 Å². The van der Waals surface area contributed by atoms with E-state index in [1.165, 1.54) is 43.6 Å². The van der Waals surface area contributed by atoms with Crippen LogP contribution in [0.25, 0.3) is 0 Å². The normalized spacial score (nSPS) is 14.1. The zero-order chi connectivity index (χ0) is 18.2. The lowest BCUT2D eigenvalue weighted by Gasteiger charge is -2.28. The Kier molecular flexibility index (Phi) is 6.53. The Morgan fingerprint density at radius 1 is 0.962 bits per heavy atom. The highest BCUT2D eigenvalue weighted by Gasteiger charge is 2.10. The molecule has 0 aromatic heterocycles. The lowest BCUT2D eigenvalue weighted by molar-refractivity contribution is -0.120. The van der Waals surface area contributed by atoms with Gasteiger partial charge < -0.3 is 15.0 Å². The van der Waals surface area contributed by atoms with Crippen LogP contribution in [0.15, 0.2) is 48.5 Å². The van der Waals surface area contributed by atoms with Crippen LogP contribution in [0.4, 0.5) is 5.69 Å². The molecule has 3 rings (SSSR count). The summed E-state index contributed by atoms with van der Waals surface area (Å²) >= 11 is 0. The summed E-state index contributed by atoms with van der Waals surface area (Å²) in [6, 6.07) is 16.4. The average Bonchev–Trinajstić information content (AvgIpc) is 2.70. The molecule has 0 spiro atoms. The SMILES string of the molecule is COc1ccc(CC(=O)NCCc2ccc(N3CCCCC3)cc2)cc1. The summed E-state index contributed by atoms with van der Waals surface area (Å²) < 4.78 is 5.13. The fraction of sp³-hybridized carbons (Fsp3) is 0.409. The second-order valence-electron chi connectivity index (χ2n) is 6.84. The molecular weight excluding hydrogens is 324 g/mol. The van der Waals surface area contributed by atoms with E-state index in [1.54, 1.807) is 7.11 Å². The van der Waals surface area contributed by atoms with E-state index >= 15 is 0 Å². The molecule has 0 saturated carbocycles. The van der Waals surface area contributed by atoms with Crippen molar-refractivity contribution in [3.63, 3.8) is 0 Å². The molecule has 138 valence electrons. The van der Waals surface area contributed by atoms with Gasteiger partial charge in [-0.15, -0.1) is 0 Å². The number of rotatable bonds is 7. The van der Waals surface area contributed by atoms with Gasteiger partial charge in [-0.05, 0) is 61.1 Å². The van der Waals surface area contributed by atoms with Gasteiger partial charge in [-0.3, -0.25) is 4.79 Å². The third-order valence-corrected chi connectivity index (χ3v) is 4.92. The lowest BCUT2D eigenvalue weighted by atomic mass is 10.1. The van der Waals surface area contributed by atoms with Gasteiger partial charge in [0, 0.05) is 25.3 Å². The molecule has 1 heterocycles. The second kappa shape index (κ2) is 9.27. The van der Waals surface area contributed by atoms with E-state index in [9.17, 15) is 4.79 Å². The van der Waals surface area contributed by atoms with Crippen LogP contribution < -0.4 is 15.0 Å². The van der Waals surface area contributed by atoms with Crippen LogP contribution in [0.2, 0.25) is 0 Å². The quantitative estimate of drug-likeness (QED) is 0.828. The number of nitrogens with zero attached hydrogens (tertiary/aromatic N) is 1. The smallest absolute Gasteiger partial charge is 0.224 e. The molecule has 1 fully saturated rings. The van der Waals surface area contributed by atoms with E-state index in [2.05, 4.69) is 34.5 Å². The first-order valence-corrected chi connectivity index (χ1v) is 9.48. The molecule has 4 heteroatoms. The van der Waals surface area contributed by atoms with E-state index in [-0.39, 0.29) is 5.91 Å². The summed E-state index contributed by atoms with van der Waals surface area (Å²) in [5.41, 5.74) is 3.57. The standard InChI is InChI=1S/C22H28N2O2/c1-26-21-11-7-19(8-12-21)17-22(25)23-14-13-18-5-9-20(10-6-18)24-15-3-2-4-16-24/h5-12H,2-4,13-17H2,1H3,(H,23,25). The highest BCUT2D eigenvalue weighted by Crippen LogP contribution is 2.20. The second-order valence-corrected chi connectivity index (χ2v) is 6.84. The minimum atomic E-state index is 0.0557. The number of benzene rings is 2. The van der Waals surface area contributed by atoms with Crippen LogP contribution in [-0.4, -0.2) is 32.7 Å². The number of anilines is 1. The summed E-state index contributed by atoms with van der Waals surface area (Å²) in [5.74, 6) is 0.863. The summed E-state index contributed by atoms with van der Waals surface area (Å²) in [6.45, 7) is 3.00. The monoisotopic (exact) mass is 352 g/mol. The Labute approximate surface area is 156 Å². The Balaban J connectivity index is 1.41. The minimum Gasteiger partial charge on any atom is -0.497 e. The number of nitrogens with one attached hydrogen (secondary N) is 1. The number of carbonyl (C=O) groups excluding carboxylic acids is 1. The van der Waals surface area contributed by atoms with E-state index in [0.29, 0.717) is 13.0 Å². The van der Waals surface area contributed by atoms with Crippen LogP contribution in [0.5, 0.6) is 5.75 Å². The summed E-state index contributed by atoms with van der Waals surface area (Å²) in [5, 5.41) is 3.01. The first-order chi connectivity index (χ1) is 12.7. The zero-order valence-electron chi connectivity index (χ0n) is 15.5. The first-order valence-electron chi connectivity index (χ1n) is 9.48. The molecular formula is C22H28N2O2. The molecule has 1 saturated heterocycles. The molecule has 1 N–H and O–H groups in total. The Morgan fingerprint density at radius 2 is 1.62 bits per heavy atom. The van der Waals surface area contributed by atoms with Crippen LogP contribution >= 0.6 is 0 Å². The predicted octanol–water partition coefficient (Wildman–Crippen LogP) is 3.59. The number of hydrogen-bond donors (Lipinski definition) is 1. The number of carbonyl (C=O) groups is 1. The van der Waals surface area contributed by atoms with Gasteiger partial charge in [0.2, 0.25) is 5.91 Å². The summed E-state index contributed by atoms with van der Waals surface area (Å²) in [6.07, 6.45) is 5.20. The Bertz CT molecular complexity index is 689. The fourth-order valence-corrected chi connectivity index (χ4v) is 3.36. The number of ether oxygens (including phenoxy) is 1. The van der Waals surface area contributed by atoms with Crippen molar-refractivity contribution >= 4 is 11.6 Å². The molecule has 1 aliphatic heterocycles. The van der Waals surface area contributed by atoms with E-state index in [0.717, 1.165) is 17.7 Å². The average molecular weight is 352 g/mol. The van der Waals surface area contributed by atoms with Crippen molar-refractivity contribution in [1.82, 2.24) is 5.32 Å².